The third-order valence-electron chi connectivity index (χ3n) is 0. The second-order valence-electron chi connectivity index (χ2n) is 0. The van der Waals surface area contributed by atoms with E-state index in [-0.39, 0.29) is 2970 Å². The molecule has 0 bridgehead atoms. The van der Waals surface area contributed by atoms with Crippen molar-refractivity contribution >= 4 is 0 Å². The van der Waals surface area contributed by atoms with Crippen LogP contribution >= 0.6 is 0 Å². The molecule has 0 unspecified atom stereocenters. The van der Waals surface area contributed by atoms with Crippen LogP contribution in [0.1, 0.15) is 0 Å². The molecular weight excluding hydrogens is 12200 g/mol. The fourth-order valence-electron chi connectivity index (χ4n) is 0. The molecule has 0 aromatic heterocycles. The molecule has 77 heavy (non-hydrogen) atoms. The second kappa shape index (κ2) is 541. The Morgan fingerprint density at radius 1 is 0.0130 bits per heavy atom. The Labute approximate surface area is 2850 Å². The SMILES string of the molecule is [Tb].[Tb].[Tb].[Tb].[Tb].[Tb].[Tb].[Tb].[Tb].[Tb].[Tb].[Tb].[Tb].[Tb].[Tb].[Tb].[Tb].[Tb].[Tb].[Tb].[Tb].[Tb].[Tb].[Tb].[Tb].[Tb].[Tb].[Tb].[Tb].[Tb].[Tb].[Tb].[Tb].[Tb].[Tb].[Tb].[Tb].[Tb].[Tb].[Tb].[Tb].[Tb].[Tb].[Tb].[Tb].[Tb].[Tb].[Tb].[Tb].[Tb].[Tb].[Tb].[Tb].[Tb].[Tb].[Tb].[Tb].[Tb].[Tb].[Tb].[Tb].[Tb].[Tb].[Tb].[Tb].[Tb].[Tb].[Tb].[Tb].[Tb].[Tb].[Tb].[Tb].[Tb].[Tb].[Tb].[Tb]. The number of hydrogen-bond donors (Lipinski definition) is 0. The van der Waals surface area contributed by atoms with Crippen molar-refractivity contribution in [3.8, 4) is 0 Å². The van der Waals surface area contributed by atoms with Gasteiger partial charge in [-0.05, 0) is 0 Å². The summed E-state index contributed by atoms with van der Waals surface area (Å²) in [7, 11) is 0. The average Bonchev–Trinajstić information content (AvgIpc) is 0. The molecule has 693 valence electrons. The second-order valence-corrected chi connectivity index (χ2v) is 0. The van der Waals surface area contributed by atoms with E-state index in [0.29, 0.717) is 0 Å². The van der Waals surface area contributed by atoms with Gasteiger partial charge in [-0.2, -0.15) is 0 Å². The topological polar surface area (TPSA) is 0 Å². The van der Waals surface area contributed by atoms with Gasteiger partial charge >= 0.3 is 0 Å². The molecule has 77 radical (unpaired) electrons. The Morgan fingerprint density at radius 3 is 0.0130 bits per heavy atom. The third kappa shape index (κ3) is 534. The van der Waals surface area contributed by atoms with Crippen molar-refractivity contribution in [3.63, 3.8) is 0 Å². The van der Waals surface area contributed by atoms with Gasteiger partial charge in [-0.1, -0.05) is 0 Å². The zero-order valence-electron chi connectivity index (χ0n) is 25.7. The molecule has 0 amide bonds. The van der Waals surface area contributed by atoms with Crippen LogP contribution in [0.5, 0.6) is 0 Å². The van der Waals surface area contributed by atoms with Gasteiger partial charge in [0.2, 0.25) is 0 Å². The van der Waals surface area contributed by atoms with E-state index in [1.807, 2.05) is 0 Å². The molecule has 0 rings (SSSR count). The van der Waals surface area contributed by atoms with Gasteiger partial charge in [-0.15, -0.1) is 0 Å². The molecule has 0 aliphatic heterocycles. The van der Waals surface area contributed by atoms with Crippen molar-refractivity contribution < 1.29 is 2970 Å². The average molecular weight is 12200 g/mol. The summed E-state index contributed by atoms with van der Waals surface area (Å²) < 4.78 is 0. The standard InChI is InChI=1S/77Tb. The normalized spacial score (nSPS) is 0. The summed E-state index contributed by atoms with van der Waals surface area (Å²) in [6, 6.07) is 0. The van der Waals surface area contributed by atoms with Crippen LogP contribution in [0.25, 0.3) is 0 Å². The van der Waals surface area contributed by atoms with E-state index in [1.54, 1.807) is 0 Å². The molecule has 0 spiro atoms. The zero-order chi connectivity index (χ0) is 0. The molecule has 0 aliphatic carbocycles. The Balaban J connectivity index is 0. The van der Waals surface area contributed by atoms with Crippen molar-refractivity contribution in [1.82, 2.24) is 0 Å². The summed E-state index contributed by atoms with van der Waals surface area (Å²) in [4.78, 5) is 0. The molecule has 0 nitrogen and oxygen atoms in total. The van der Waals surface area contributed by atoms with E-state index in [2.05, 4.69) is 0 Å². The van der Waals surface area contributed by atoms with Gasteiger partial charge in [-0.25, -0.2) is 0 Å². The molecule has 0 fully saturated rings. The van der Waals surface area contributed by atoms with Gasteiger partial charge in [0.25, 0.3) is 0 Å². The van der Waals surface area contributed by atoms with Crippen molar-refractivity contribution in [3.05, 3.63) is 0 Å². The summed E-state index contributed by atoms with van der Waals surface area (Å²) >= 11 is 0. The van der Waals surface area contributed by atoms with Crippen LogP contribution in [0.3, 0.4) is 0 Å². The molecule has 0 aromatic rings. The first-order chi connectivity index (χ1) is 0. The molecule has 0 N–H and O–H groups in total. The molecule has 0 atom stereocenters. The summed E-state index contributed by atoms with van der Waals surface area (Å²) in [5.74, 6) is 0. The summed E-state index contributed by atoms with van der Waals surface area (Å²) in [5, 5.41) is 0. The maximum Gasteiger partial charge on any atom is 0 e. The van der Waals surface area contributed by atoms with Crippen LogP contribution in [0.15, 0.2) is 0 Å². The van der Waals surface area contributed by atoms with E-state index in [0.717, 1.165) is 0 Å². The van der Waals surface area contributed by atoms with E-state index >= 15 is 0 Å². The van der Waals surface area contributed by atoms with Gasteiger partial charge in [0.1, 0.15) is 0 Å². The fourth-order valence-corrected chi connectivity index (χ4v) is 0. The molecule has 0 heterocycles. The maximum absolute atomic E-state index is 0. The largest absolute Gasteiger partial charge is 0 e. The number of hydrogen-bond acceptors (Lipinski definition) is 0. The first-order valence-corrected chi connectivity index (χ1v) is 0. The van der Waals surface area contributed by atoms with Crippen molar-refractivity contribution in [1.29, 1.82) is 0 Å². The van der Waals surface area contributed by atoms with Crippen LogP contribution in [0, 0.1) is 2970 Å². The molecule has 0 aromatic carbocycles. The van der Waals surface area contributed by atoms with Crippen LogP contribution in [0.4, 0.5) is 0 Å². The zero-order valence-corrected chi connectivity index (χ0v) is 190. The van der Waals surface area contributed by atoms with Crippen molar-refractivity contribution in [2.45, 2.75) is 0 Å². The quantitative estimate of drug-likeness (QED) is 0.321. The van der Waals surface area contributed by atoms with Crippen LogP contribution in [-0.4, -0.2) is 0 Å². The Morgan fingerprint density at radius 2 is 0.0130 bits per heavy atom. The molecular formula is Tb77. The van der Waals surface area contributed by atoms with Crippen LogP contribution in [0.2, 0.25) is 0 Å². The first kappa shape index (κ1) is 550. The summed E-state index contributed by atoms with van der Waals surface area (Å²) in [6.45, 7) is 0. The van der Waals surface area contributed by atoms with Crippen LogP contribution < -0.4 is 0 Å². The Kier molecular flexibility index (Phi) is 3860. The summed E-state index contributed by atoms with van der Waals surface area (Å²) in [6.07, 6.45) is 0. The molecule has 0 saturated carbocycles. The predicted molar refractivity (Wildman–Crippen MR) is 0 cm³/mol. The molecule has 0 aliphatic rings. The van der Waals surface area contributed by atoms with E-state index in [1.165, 1.54) is 0 Å². The van der Waals surface area contributed by atoms with Gasteiger partial charge < -0.3 is 0 Å². The monoisotopic (exact) mass is 12200 g/mol. The predicted octanol–water partition coefficient (Wildman–Crippen LogP) is 0. The Bertz CT molecular complexity index is 0. The first-order valence-electron chi connectivity index (χ1n) is 0. The Hall–Kier alpha value is 99.0. The minimum atomic E-state index is 0. The van der Waals surface area contributed by atoms with Crippen molar-refractivity contribution in [2.24, 2.45) is 0 Å². The molecule has 0 saturated heterocycles. The minimum absolute atomic E-state index is 0. The van der Waals surface area contributed by atoms with Gasteiger partial charge in [0, 0.05) is 2970 Å². The van der Waals surface area contributed by atoms with Crippen LogP contribution in [-0.2, 0) is 0 Å². The third-order valence-corrected chi connectivity index (χ3v) is 0. The minimum Gasteiger partial charge on any atom is 0 e. The fraction of sp³-hybridized carbons (Fsp3) is 0. The van der Waals surface area contributed by atoms with E-state index in [9.17, 15) is 0 Å². The smallest absolute Gasteiger partial charge is 0 e. The van der Waals surface area contributed by atoms with Gasteiger partial charge in [0.15, 0.2) is 0 Å². The van der Waals surface area contributed by atoms with Gasteiger partial charge in [0.05, 0.1) is 0 Å². The van der Waals surface area contributed by atoms with Crippen molar-refractivity contribution in [2.75, 3.05) is 0 Å². The summed E-state index contributed by atoms with van der Waals surface area (Å²) in [5.41, 5.74) is 0. The maximum atomic E-state index is 0. The van der Waals surface area contributed by atoms with E-state index in [4.69, 9.17) is 0 Å². The van der Waals surface area contributed by atoms with E-state index < -0.39 is 0 Å². The molecule has 77 heteroatoms. The number of rotatable bonds is 0. The van der Waals surface area contributed by atoms with Gasteiger partial charge in [-0.3, -0.25) is 0 Å².